The van der Waals surface area contributed by atoms with E-state index in [4.69, 9.17) is 11.6 Å². The van der Waals surface area contributed by atoms with Gasteiger partial charge in [0.05, 0.1) is 10.6 Å². The molecule has 2 aliphatic heterocycles. The number of para-hydroxylation sites is 2. The summed E-state index contributed by atoms with van der Waals surface area (Å²) in [6.45, 7) is 3.67. The number of rotatable bonds is 5. The van der Waals surface area contributed by atoms with Gasteiger partial charge in [0.1, 0.15) is 12.6 Å². The minimum Gasteiger partial charge on any atom is -0.371 e. The standard InChI is InChI=1S/C29H29ClN4O3/c1-20(28(36)31-22-10-3-2-4-11-22)33-18-21-9-5-6-12-26(21)34(19-27(33)35)29(37)24-14-13-23(17-25(24)30)32-15-7-8-16-32/h2-6,9-14,17,20H,7-8,15-16,18-19H2,1H3,(H,31,36). The predicted molar refractivity (Wildman–Crippen MR) is 146 cm³/mol. The van der Waals surface area contributed by atoms with Gasteiger partial charge in [-0.2, -0.15) is 0 Å². The summed E-state index contributed by atoms with van der Waals surface area (Å²) in [5, 5.41) is 3.22. The monoisotopic (exact) mass is 516 g/mol. The molecular formula is C29H29ClN4O3. The fourth-order valence-electron chi connectivity index (χ4n) is 4.93. The van der Waals surface area contributed by atoms with Crippen LogP contribution in [-0.4, -0.2) is 48.3 Å². The molecule has 7 nitrogen and oxygen atoms in total. The van der Waals surface area contributed by atoms with E-state index in [-0.39, 0.29) is 30.8 Å². The molecular weight excluding hydrogens is 488 g/mol. The number of hydrogen-bond donors (Lipinski definition) is 1. The molecule has 3 amide bonds. The van der Waals surface area contributed by atoms with Crippen LogP contribution < -0.4 is 15.1 Å². The number of amides is 3. The average Bonchev–Trinajstić information content (AvgIpc) is 3.41. The highest BCUT2D eigenvalue weighted by molar-refractivity contribution is 6.35. The molecule has 37 heavy (non-hydrogen) atoms. The molecule has 1 atom stereocenters. The van der Waals surface area contributed by atoms with Gasteiger partial charge in [0, 0.05) is 36.7 Å². The van der Waals surface area contributed by atoms with E-state index in [1.165, 1.54) is 9.80 Å². The predicted octanol–water partition coefficient (Wildman–Crippen LogP) is 4.96. The fourth-order valence-corrected chi connectivity index (χ4v) is 5.19. The van der Waals surface area contributed by atoms with Crippen LogP contribution in [0.5, 0.6) is 0 Å². The molecule has 3 aromatic carbocycles. The Bertz CT molecular complexity index is 1320. The van der Waals surface area contributed by atoms with E-state index in [1.54, 1.807) is 25.1 Å². The van der Waals surface area contributed by atoms with E-state index in [1.807, 2.05) is 54.6 Å². The van der Waals surface area contributed by atoms with Crippen molar-refractivity contribution in [2.45, 2.75) is 32.4 Å². The highest BCUT2D eigenvalue weighted by Crippen LogP contribution is 2.31. The van der Waals surface area contributed by atoms with Crippen LogP contribution in [0.4, 0.5) is 17.1 Å². The summed E-state index contributed by atoms with van der Waals surface area (Å²) in [5.74, 6) is -0.954. The Kier molecular flexibility index (Phi) is 7.15. The smallest absolute Gasteiger partial charge is 0.260 e. The second-order valence-corrected chi connectivity index (χ2v) is 9.84. The molecule has 190 valence electrons. The Morgan fingerprint density at radius 3 is 2.35 bits per heavy atom. The molecule has 3 aromatic rings. The van der Waals surface area contributed by atoms with Gasteiger partial charge in [0.2, 0.25) is 11.8 Å². The van der Waals surface area contributed by atoms with Gasteiger partial charge in [0.25, 0.3) is 5.91 Å². The number of hydrogen-bond acceptors (Lipinski definition) is 4. The van der Waals surface area contributed by atoms with E-state index < -0.39 is 6.04 Å². The molecule has 0 spiro atoms. The zero-order valence-electron chi connectivity index (χ0n) is 20.7. The van der Waals surface area contributed by atoms with E-state index in [0.29, 0.717) is 22.0 Å². The maximum absolute atomic E-state index is 13.7. The molecule has 0 bridgehead atoms. The lowest BCUT2D eigenvalue weighted by molar-refractivity contribution is -0.137. The van der Waals surface area contributed by atoms with Crippen LogP contribution in [-0.2, 0) is 16.1 Å². The summed E-state index contributed by atoms with van der Waals surface area (Å²) in [6, 6.07) is 21.3. The number of carbonyl (C=O) groups excluding carboxylic acids is 3. The number of nitrogens with zero attached hydrogens (tertiary/aromatic N) is 3. The van der Waals surface area contributed by atoms with Crippen LogP contribution in [0.25, 0.3) is 0 Å². The summed E-state index contributed by atoms with van der Waals surface area (Å²) >= 11 is 6.60. The Balaban J connectivity index is 1.40. The van der Waals surface area contributed by atoms with Crippen LogP contribution in [0, 0.1) is 0 Å². The first-order valence-electron chi connectivity index (χ1n) is 12.5. The van der Waals surface area contributed by atoms with Gasteiger partial charge >= 0.3 is 0 Å². The third-order valence-electron chi connectivity index (χ3n) is 7.02. The highest BCUT2D eigenvalue weighted by Gasteiger charge is 2.34. The lowest BCUT2D eigenvalue weighted by Crippen LogP contribution is -2.48. The van der Waals surface area contributed by atoms with Crippen LogP contribution >= 0.6 is 11.6 Å². The van der Waals surface area contributed by atoms with E-state index in [2.05, 4.69) is 10.2 Å². The van der Waals surface area contributed by atoms with Gasteiger partial charge in [-0.15, -0.1) is 0 Å². The topological polar surface area (TPSA) is 73.0 Å². The lowest BCUT2D eigenvalue weighted by atomic mass is 10.1. The van der Waals surface area contributed by atoms with Crippen molar-refractivity contribution in [3.63, 3.8) is 0 Å². The first kappa shape index (κ1) is 24.8. The molecule has 0 aliphatic carbocycles. The number of anilines is 3. The highest BCUT2D eigenvalue weighted by atomic mass is 35.5. The molecule has 8 heteroatoms. The van der Waals surface area contributed by atoms with Crippen molar-refractivity contribution in [2.75, 3.05) is 34.8 Å². The Hall–Kier alpha value is -3.84. The minimum atomic E-state index is -0.737. The molecule has 0 aromatic heterocycles. The van der Waals surface area contributed by atoms with Gasteiger partial charge in [-0.25, -0.2) is 0 Å². The molecule has 2 heterocycles. The minimum absolute atomic E-state index is 0.191. The van der Waals surface area contributed by atoms with Crippen molar-refractivity contribution in [3.8, 4) is 0 Å². The zero-order chi connectivity index (χ0) is 25.9. The first-order chi connectivity index (χ1) is 17.9. The summed E-state index contributed by atoms with van der Waals surface area (Å²) in [5.41, 5.74) is 3.42. The maximum atomic E-state index is 13.7. The summed E-state index contributed by atoms with van der Waals surface area (Å²) < 4.78 is 0. The van der Waals surface area contributed by atoms with Crippen LogP contribution in [0.15, 0.2) is 72.8 Å². The Labute approximate surface area is 221 Å². The molecule has 0 saturated carbocycles. The first-order valence-corrected chi connectivity index (χ1v) is 12.9. The van der Waals surface area contributed by atoms with E-state index in [9.17, 15) is 14.4 Å². The Morgan fingerprint density at radius 1 is 0.919 bits per heavy atom. The zero-order valence-corrected chi connectivity index (χ0v) is 21.4. The van der Waals surface area contributed by atoms with Crippen molar-refractivity contribution in [1.29, 1.82) is 0 Å². The molecule has 1 fully saturated rings. The lowest BCUT2D eigenvalue weighted by Gasteiger charge is -2.27. The van der Waals surface area contributed by atoms with Crippen LogP contribution in [0.1, 0.15) is 35.7 Å². The van der Waals surface area contributed by atoms with Gasteiger partial charge in [-0.1, -0.05) is 48.0 Å². The Morgan fingerprint density at radius 2 is 1.62 bits per heavy atom. The van der Waals surface area contributed by atoms with E-state index in [0.717, 1.165) is 37.2 Å². The maximum Gasteiger partial charge on any atom is 0.260 e. The number of benzene rings is 3. The van der Waals surface area contributed by atoms with Crippen molar-refractivity contribution in [1.82, 2.24) is 4.90 Å². The molecule has 1 unspecified atom stereocenters. The van der Waals surface area contributed by atoms with Gasteiger partial charge in [-0.3, -0.25) is 19.3 Å². The molecule has 0 radical (unpaired) electrons. The second kappa shape index (κ2) is 10.6. The van der Waals surface area contributed by atoms with Crippen molar-refractivity contribution in [3.05, 3.63) is 88.9 Å². The van der Waals surface area contributed by atoms with Crippen LogP contribution in [0.2, 0.25) is 5.02 Å². The third-order valence-corrected chi connectivity index (χ3v) is 7.34. The molecule has 1 N–H and O–H groups in total. The van der Waals surface area contributed by atoms with Crippen molar-refractivity contribution >= 4 is 46.4 Å². The molecule has 1 saturated heterocycles. The number of nitrogens with one attached hydrogen (secondary N) is 1. The third kappa shape index (κ3) is 5.18. The second-order valence-electron chi connectivity index (χ2n) is 9.43. The average molecular weight is 517 g/mol. The van der Waals surface area contributed by atoms with Gasteiger partial charge in [0.15, 0.2) is 0 Å². The van der Waals surface area contributed by atoms with Gasteiger partial charge < -0.3 is 15.1 Å². The molecule has 2 aliphatic rings. The summed E-state index contributed by atoms with van der Waals surface area (Å²) in [4.78, 5) is 45.4. The number of carbonyl (C=O) groups is 3. The normalized spacial score (nSPS) is 16.3. The van der Waals surface area contributed by atoms with Crippen molar-refractivity contribution in [2.24, 2.45) is 0 Å². The number of halogens is 1. The van der Waals surface area contributed by atoms with Crippen LogP contribution in [0.3, 0.4) is 0 Å². The van der Waals surface area contributed by atoms with Gasteiger partial charge in [-0.05, 0) is 61.7 Å². The number of fused-ring (bicyclic) bond motifs is 1. The summed E-state index contributed by atoms with van der Waals surface area (Å²) in [7, 11) is 0. The SMILES string of the molecule is CC(C(=O)Nc1ccccc1)N1Cc2ccccc2N(C(=O)c2ccc(N3CCCC3)cc2Cl)CC1=O. The fraction of sp³-hybridized carbons (Fsp3) is 0.276. The largest absolute Gasteiger partial charge is 0.371 e. The van der Waals surface area contributed by atoms with Crippen molar-refractivity contribution < 1.29 is 14.4 Å². The molecule has 5 rings (SSSR count). The summed E-state index contributed by atoms with van der Waals surface area (Å²) in [6.07, 6.45) is 2.28. The van der Waals surface area contributed by atoms with E-state index >= 15 is 0 Å². The quantitative estimate of drug-likeness (QED) is 0.520.